The van der Waals surface area contributed by atoms with Gasteiger partial charge in [-0.05, 0) is 31.0 Å². The number of hydrogen-bond donors (Lipinski definition) is 1. The summed E-state index contributed by atoms with van der Waals surface area (Å²) in [5, 5.41) is 0.481. The molecule has 0 aliphatic rings. The van der Waals surface area contributed by atoms with Gasteiger partial charge in [0.2, 0.25) is 0 Å². The molecular formula is C19H19ClN4O2. The molecule has 1 aromatic carbocycles. The number of nitrogen functional groups attached to an aromatic ring is 1. The number of rotatable bonds is 4. The van der Waals surface area contributed by atoms with Gasteiger partial charge in [-0.3, -0.25) is 4.79 Å². The van der Waals surface area contributed by atoms with E-state index >= 15 is 0 Å². The molecule has 2 heterocycles. The predicted molar refractivity (Wildman–Crippen MR) is 103 cm³/mol. The maximum atomic E-state index is 11.9. The van der Waals surface area contributed by atoms with Crippen LogP contribution < -0.4 is 16.0 Å². The third-order valence-electron chi connectivity index (χ3n) is 4.01. The van der Waals surface area contributed by atoms with Gasteiger partial charge in [0.05, 0.1) is 10.7 Å². The van der Waals surface area contributed by atoms with Crippen molar-refractivity contribution in [2.24, 2.45) is 7.05 Å². The average Bonchev–Trinajstić information content (AvgIpc) is 2.60. The molecular weight excluding hydrogens is 352 g/mol. The Labute approximate surface area is 156 Å². The Bertz CT molecular complexity index is 1000. The molecule has 2 N–H and O–H groups in total. The van der Waals surface area contributed by atoms with Crippen LogP contribution in [0.2, 0.25) is 5.02 Å². The summed E-state index contributed by atoms with van der Waals surface area (Å²) in [6.07, 6.45) is 2.46. The van der Waals surface area contributed by atoms with Gasteiger partial charge >= 0.3 is 6.01 Å². The molecule has 2 aromatic heterocycles. The molecule has 7 heteroatoms. The van der Waals surface area contributed by atoms with Crippen molar-refractivity contribution < 1.29 is 4.74 Å². The van der Waals surface area contributed by atoms with Gasteiger partial charge in [-0.25, -0.2) is 0 Å². The van der Waals surface area contributed by atoms with Crippen LogP contribution in [0.4, 0.5) is 5.82 Å². The number of aromatic nitrogens is 3. The smallest absolute Gasteiger partial charge is 0.324 e. The molecule has 0 saturated heterocycles. The number of halogens is 1. The Morgan fingerprint density at radius 3 is 2.73 bits per heavy atom. The minimum absolute atomic E-state index is 0.0593. The zero-order chi connectivity index (χ0) is 18.8. The quantitative estimate of drug-likeness (QED) is 0.756. The maximum Gasteiger partial charge on any atom is 0.324 e. The number of nitrogens with zero attached hydrogens (tertiary/aromatic N) is 3. The lowest BCUT2D eigenvalue weighted by molar-refractivity contribution is 0.439. The summed E-state index contributed by atoms with van der Waals surface area (Å²) in [7, 11) is 1.69. The number of nitrogens with two attached hydrogens (primary N) is 1. The third-order valence-corrected chi connectivity index (χ3v) is 4.30. The molecule has 134 valence electrons. The Morgan fingerprint density at radius 2 is 2.04 bits per heavy atom. The van der Waals surface area contributed by atoms with E-state index in [0.717, 1.165) is 17.5 Å². The van der Waals surface area contributed by atoms with E-state index in [-0.39, 0.29) is 17.4 Å². The number of pyridine rings is 1. The molecule has 0 bridgehead atoms. The minimum atomic E-state index is -0.0593. The van der Waals surface area contributed by atoms with E-state index in [2.05, 4.69) is 9.97 Å². The van der Waals surface area contributed by atoms with E-state index in [0.29, 0.717) is 22.0 Å². The highest BCUT2D eigenvalue weighted by molar-refractivity contribution is 6.32. The highest BCUT2D eigenvalue weighted by Gasteiger charge is 2.13. The zero-order valence-corrected chi connectivity index (χ0v) is 15.5. The molecule has 0 aliphatic carbocycles. The van der Waals surface area contributed by atoms with Crippen LogP contribution >= 0.6 is 11.6 Å². The summed E-state index contributed by atoms with van der Waals surface area (Å²) >= 11 is 6.26. The van der Waals surface area contributed by atoms with Crippen LogP contribution in [-0.2, 0) is 13.5 Å². The normalized spacial score (nSPS) is 10.8. The second-order valence-corrected chi connectivity index (χ2v) is 6.38. The van der Waals surface area contributed by atoms with Crippen LogP contribution in [0.5, 0.6) is 11.8 Å². The molecule has 6 nitrogen and oxygen atoms in total. The molecule has 0 fully saturated rings. The largest absolute Gasteiger partial charge is 0.422 e. The van der Waals surface area contributed by atoms with E-state index in [1.165, 1.54) is 4.57 Å². The van der Waals surface area contributed by atoms with Gasteiger partial charge in [-0.2, -0.15) is 9.97 Å². The van der Waals surface area contributed by atoms with Crippen LogP contribution in [0.15, 0.2) is 41.3 Å². The highest BCUT2D eigenvalue weighted by atomic mass is 35.5. The first-order chi connectivity index (χ1) is 12.4. The number of aryl methyl sites for hydroxylation is 3. The van der Waals surface area contributed by atoms with E-state index < -0.39 is 0 Å². The topological polar surface area (TPSA) is 83.0 Å². The van der Waals surface area contributed by atoms with E-state index in [1.54, 1.807) is 38.4 Å². The fourth-order valence-corrected chi connectivity index (χ4v) is 2.92. The van der Waals surface area contributed by atoms with E-state index in [4.69, 9.17) is 22.1 Å². The summed E-state index contributed by atoms with van der Waals surface area (Å²) < 4.78 is 7.36. The summed E-state index contributed by atoms with van der Waals surface area (Å²) in [4.78, 5) is 20.5. The Kier molecular flexibility index (Phi) is 4.95. The first-order valence-electron chi connectivity index (χ1n) is 8.16. The van der Waals surface area contributed by atoms with E-state index in [1.807, 2.05) is 19.1 Å². The Hall–Kier alpha value is -2.86. The van der Waals surface area contributed by atoms with E-state index in [9.17, 15) is 4.79 Å². The summed E-state index contributed by atoms with van der Waals surface area (Å²) in [5.74, 6) is 0.784. The van der Waals surface area contributed by atoms with Gasteiger partial charge in [0.15, 0.2) is 5.75 Å². The van der Waals surface area contributed by atoms with Gasteiger partial charge in [-0.15, -0.1) is 0 Å². The van der Waals surface area contributed by atoms with Crippen molar-refractivity contribution in [2.45, 2.75) is 20.3 Å². The van der Waals surface area contributed by atoms with Crippen molar-refractivity contribution in [3.05, 3.63) is 63.0 Å². The lowest BCUT2D eigenvalue weighted by Gasteiger charge is -2.12. The molecule has 3 rings (SSSR count). The van der Waals surface area contributed by atoms with Crippen molar-refractivity contribution >= 4 is 17.4 Å². The molecule has 0 spiro atoms. The van der Waals surface area contributed by atoms with Crippen LogP contribution in [0.1, 0.15) is 18.1 Å². The summed E-state index contributed by atoms with van der Waals surface area (Å²) in [6, 6.07) is 9.06. The molecule has 3 aromatic rings. The Morgan fingerprint density at radius 1 is 1.27 bits per heavy atom. The standard InChI is InChI=1S/C19H19ClN4O2/c1-4-12-6-5-7-14(20)17(12)26-19-22-15(9-16(21)23-19)13-8-11(2)18(25)24(3)10-13/h5-10H,4H2,1-3H3,(H2,21,22,23). The average molecular weight is 371 g/mol. The first kappa shape index (κ1) is 17.9. The zero-order valence-electron chi connectivity index (χ0n) is 14.8. The fraction of sp³-hybridized carbons (Fsp3) is 0.211. The van der Waals surface area contributed by atoms with Gasteiger partial charge in [0.1, 0.15) is 5.82 Å². The molecule has 0 unspecified atom stereocenters. The monoisotopic (exact) mass is 370 g/mol. The summed E-state index contributed by atoms with van der Waals surface area (Å²) in [6.45, 7) is 3.77. The van der Waals surface area contributed by atoms with Crippen molar-refractivity contribution in [1.82, 2.24) is 14.5 Å². The summed E-state index contributed by atoms with van der Waals surface area (Å²) in [5.41, 5.74) is 8.75. The highest BCUT2D eigenvalue weighted by Crippen LogP contribution is 2.33. The number of anilines is 1. The molecule has 0 radical (unpaired) electrons. The van der Waals surface area contributed by atoms with Crippen LogP contribution in [0.25, 0.3) is 11.3 Å². The molecule has 0 aliphatic heterocycles. The van der Waals surface area contributed by atoms with Gasteiger partial charge < -0.3 is 15.0 Å². The number of ether oxygens (including phenoxy) is 1. The number of benzene rings is 1. The van der Waals surface area contributed by atoms with Crippen molar-refractivity contribution in [3.8, 4) is 23.0 Å². The van der Waals surface area contributed by atoms with Crippen molar-refractivity contribution in [3.63, 3.8) is 0 Å². The molecule has 0 atom stereocenters. The lowest BCUT2D eigenvalue weighted by atomic mass is 10.1. The maximum absolute atomic E-state index is 11.9. The molecule has 0 saturated carbocycles. The molecule has 0 amide bonds. The predicted octanol–water partition coefficient (Wildman–Crippen LogP) is 3.74. The second kappa shape index (κ2) is 7.17. The first-order valence-corrected chi connectivity index (χ1v) is 8.54. The van der Waals surface area contributed by atoms with Crippen molar-refractivity contribution in [2.75, 3.05) is 5.73 Å². The SMILES string of the molecule is CCc1cccc(Cl)c1Oc1nc(N)cc(-c2cc(C)c(=O)n(C)c2)n1. The third kappa shape index (κ3) is 3.55. The number of hydrogen-bond acceptors (Lipinski definition) is 5. The van der Waals surface area contributed by atoms with Crippen LogP contribution in [0.3, 0.4) is 0 Å². The minimum Gasteiger partial charge on any atom is -0.422 e. The van der Waals surface area contributed by atoms with Gasteiger partial charge in [-0.1, -0.05) is 30.7 Å². The van der Waals surface area contributed by atoms with Crippen LogP contribution in [0, 0.1) is 6.92 Å². The number of para-hydroxylation sites is 1. The Balaban J connectivity index is 2.06. The van der Waals surface area contributed by atoms with Gasteiger partial charge in [0, 0.05) is 30.4 Å². The molecule has 26 heavy (non-hydrogen) atoms. The fourth-order valence-electron chi connectivity index (χ4n) is 2.69. The van der Waals surface area contributed by atoms with Crippen LogP contribution in [-0.4, -0.2) is 14.5 Å². The van der Waals surface area contributed by atoms with Gasteiger partial charge in [0.25, 0.3) is 5.56 Å². The van der Waals surface area contributed by atoms with Crippen molar-refractivity contribution in [1.29, 1.82) is 0 Å². The lowest BCUT2D eigenvalue weighted by Crippen LogP contribution is -2.18. The second-order valence-electron chi connectivity index (χ2n) is 5.97.